The molecule has 0 heterocycles. The lowest BCUT2D eigenvalue weighted by molar-refractivity contribution is 0.224. The molecule has 4 nitrogen and oxygen atoms in total. The van der Waals surface area contributed by atoms with Crippen molar-refractivity contribution in [3.63, 3.8) is 0 Å². The van der Waals surface area contributed by atoms with Crippen molar-refractivity contribution in [1.29, 1.82) is 0 Å². The Hall–Kier alpha value is -0.770. The molecule has 15 heavy (non-hydrogen) atoms. The number of hydrogen-bond donors (Lipinski definition) is 2. The summed E-state index contributed by atoms with van der Waals surface area (Å²) < 4.78 is 0. The van der Waals surface area contributed by atoms with Gasteiger partial charge in [-0.2, -0.15) is 0 Å². The molecule has 0 spiro atoms. The molecule has 0 fully saturated rings. The standard InChI is InChI=1S/C11H25N3O/c1-6-9(2)14(5)8-7-11(3,4)10(12)13-15/h9,15H,6-8H2,1-5H3,(H2,12,13). The highest BCUT2D eigenvalue weighted by Crippen LogP contribution is 2.21. The Kier molecular flexibility index (Phi) is 5.65. The highest BCUT2D eigenvalue weighted by atomic mass is 16.4. The Morgan fingerprint density at radius 3 is 2.47 bits per heavy atom. The monoisotopic (exact) mass is 215 g/mol. The van der Waals surface area contributed by atoms with Gasteiger partial charge in [0, 0.05) is 11.5 Å². The molecule has 0 amide bonds. The predicted molar refractivity (Wildman–Crippen MR) is 64.2 cm³/mol. The number of nitrogens with zero attached hydrogens (tertiary/aromatic N) is 2. The first-order valence-electron chi connectivity index (χ1n) is 5.53. The summed E-state index contributed by atoms with van der Waals surface area (Å²) in [6.07, 6.45) is 2.03. The molecular formula is C11H25N3O. The van der Waals surface area contributed by atoms with Crippen LogP contribution in [0.5, 0.6) is 0 Å². The molecule has 3 N–H and O–H groups in total. The van der Waals surface area contributed by atoms with E-state index < -0.39 is 0 Å². The molecule has 0 aliphatic rings. The quantitative estimate of drug-likeness (QED) is 0.308. The minimum absolute atomic E-state index is 0.240. The second-order valence-corrected chi connectivity index (χ2v) is 4.86. The van der Waals surface area contributed by atoms with Crippen molar-refractivity contribution in [3.05, 3.63) is 0 Å². The van der Waals surface area contributed by atoms with Crippen molar-refractivity contribution < 1.29 is 5.21 Å². The average molecular weight is 215 g/mol. The third-order valence-corrected chi connectivity index (χ3v) is 3.23. The summed E-state index contributed by atoms with van der Waals surface area (Å²) in [5, 5.41) is 11.7. The van der Waals surface area contributed by atoms with Gasteiger partial charge in [0.05, 0.1) is 0 Å². The number of rotatable bonds is 6. The molecule has 0 bridgehead atoms. The molecule has 0 saturated heterocycles. The lowest BCUT2D eigenvalue weighted by Crippen LogP contribution is -2.37. The van der Waals surface area contributed by atoms with Crippen LogP contribution in [0, 0.1) is 5.41 Å². The van der Waals surface area contributed by atoms with Crippen LogP contribution in [0.4, 0.5) is 0 Å². The van der Waals surface area contributed by atoms with E-state index in [9.17, 15) is 0 Å². The summed E-state index contributed by atoms with van der Waals surface area (Å²) in [6.45, 7) is 9.32. The molecule has 0 aromatic heterocycles. The van der Waals surface area contributed by atoms with Gasteiger partial charge >= 0.3 is 0 Å². The molecule has 4 heteroatoms. The van der Waals surface area contributed by atoms with Crippen molar-refractivity contribution in [1.82, 2.24) is 4.90 Å². The van der Waals surface area contributed by atoms with Crippen LogP contribution in [-0.2, 0) is 0 Å². The van der Waals surface area contributed by atoms with Crippen LogP contribution in [0.25, 0.3) is 0 Å². The molecule has 0 rings (SSSR count). The van der Waals surface area contributed by atoms with Crippen LogP contribution >= 0.6 is 0 Å². The van der Waals surface area contributed by atoms with Crippen LogP contribution in [0.15, 0.2) is 5.16 Å². The second kappa shape index (κ2) is 5.95. The third-order valence-electron chi connectivity index (χ3n) is 3.23. The van der Waals surface area contributed by atoms with Crippen molar-refractivity contribution in [2.45, 2.75) is 46.6 Å². The first-order valence-corrected chi connectivity index (χ1v) is 5.53. The van der Waals surface area contributed by atoms with Gasteiger partial charge in [-0.1, -0.05) is 25.9 Å². The Labute approximate surface area is 93.1 Å². The maximum Gasteiger partial charge on any atom is 0.144 e. The van der Waals surface area contributed by atoms with Gasteiger partial charge < -0.3 is 15.8 Å². The number of hydrogen-bond acceptors (Lipinski definition) is 3. The van der Waals surface area contributed by atoms with Crippen LogP contribution in [0.1, 0.15) is 40.5 Å². The largest absolute Gasteiger partial charge is 0.409 e. The lowest BCUT2D eigenvalue weighted by atomic mass is 9.88. The van der Waals surface area contributed by atoms with Gasteiger partial charge in [0.15, 0.2) is 0 Å². The normalized spacial score (nSPS) is 15.7. The molecule has 0 aromatic rings. The summed E-state index contributed by atoms with van der Waals surface area (Å²) in [7, 11) is 2.11. The number of amidine groups is 1. The van der Waals surface area contributed by atoms with Gasteiger partial charge in [0.25, 0.3) is 0 Å². The Morgan fingerprint density at radius 1 is 1.53 bits per heavy atom. The van der Waals surface area contributed by atoms with Gasteiger partial charge in [0.2, 0.25) is 0 Å². The maximum absolute atomic E-state index is 8.64. The molecule has 90 valence electrons. The van der Waals surface area contributed by atoms with Crippen molar-refractivity contribution in [3.8, 4) is 0 Å². The van der Waals surface area contributed by atoms with Crippen LogP contribution < -0.4 is 5.73 Å². The Balaban J connectivity index is 4.15. The van der Waals surface area contributed by atoms with E-state index in [1.165, 1.54) is 0 Å². The SMILES string of the molecule is CCC(C)N(C)CCC(C)(C)C(N)=NO. The fraction of sp³-hybridized carbons (Fsp3) is 0.909. The van der Waals surface area contributed by atoms with E-state index in [4.69, 9.17) is 10.9 Å². The summed E-state index contributed by atoms with van der Waals surface area (Å²) in [6, 6.07) is 0.577. The van der Waals surface area contributed by atoms with Crippen LogP contribution in [-0.4, -0.2) is 35.6 Å². The molecule has 0 saturated carbocycles. The van der Waals surface area contributed by atoms with E-state index in [1.807, 2.05) is 13.8 Å². The summed E-state index contributed by atoms with van der Waals surface area (Å²) >= 11 is 0. The summed E-state index contributed by atoms with van der Waals surface area (Å²) in [5.74, 6) is 0.306. The maximum atomic E-state index is 8.64. The molecule has 0 radical (unpaired) electrons. The molecule has 1 atom stereocenters. The van der Waals surface area contributed by atoms with E-state index >= 15 is 0 Å². The topological polar surface area (TPSA) is 61.8 Å². The van der Waals surface area contributed by atoms with E-state index in [1.54, 1.807) is 0 Å². The summed E-state index contributed by atoms with van der Waals surface area (Å²) in [4.78, 5) is 2.30. The van der Waals surface area contributed by atoms with Crippen molar-refractivity contribution in [2.75, 3.05) is 13.6 Å². The highest BCUT2D eigenvalue weighted by Gasteiger charge is 2.24. The number of nitrogens with two attached hydrogens (primary N) is 1. The van der Waals surface area contributed by atoms with E-state index in [0.717, 1.165) is 19.4 Å². The van der Waals surface area contributed by atoms with E-state index in [2.05, 4.69) is 31.0 Å². The van der Waals surface area contributed by atoms with Crippen LogP contribution in [0.3, 0.4) is 0 Å². The second-order valence-electron chi connectivity index (χ2n) is 4.86. The number of oxime groups is 1. The van der Waals surface area contributed by atoms with Crippen molar-refractivity contribution >= 4 is 5.84 Å². The lowest BCUT2D eigenvalue weighted by Gasteiger charge is -2.29. The molecule has 0 aliphatic carbocycles. The first kappa shape index (κ1) is 14.2. The van der Waals surface area contributed by atoms with Gasteiger partial charge in [-0.05, 0) is 33.4 Å². The minimum Gasteiger partial charge on any atom is -0.409 e. The fourth-order valence-electron chi connectivity index (χ4n) is 1.25. The van der Waals surface area contributed by atoms with Gasteiger partial charge in [-0.3, -0.25) is 0 Å². The zero-order valence-electron chi connectivity index (χ0n) is 10.6. The molecular weight excluding hydrogens is 190 g/mol. The fourth-order valence-corrected chi connectivity index (χ4v) is 1.25. The molecule has 0 aromatic carbocycles. The minimum atomic E-state index is -0.240. The van der Waals surface area contributed by atoms with Gasteiger partial charge in [0.1, 0.15) is 5.84 Å². The van der Waals surface area contributed by atoms with Gasteiger partial charge in [-0.25, -0.2) is 0 Å². The molecule has 1 unspecified atom stereocenters. The van der Waals surface area contributed by atoms with Crippen LogP contribution in [0.2, 0.25) is 0 Å². The Bertz CT molecular complexity index is 214. The zero-order chi connectivity index (χ0) is 12.1. The van der Waals surface area contributed by atoms with E-state index in [-0.39, 0.29) is 5.41 Å². The highest BCUT2D eigenvalue weighted by molar-refractivity contribution is 5.85. The average Bonchev–Trinajstić information content (AvgIpc) is 2.23. The predicted octanol–water partition coefficient (Wildman–Crippen LogP) is 1.88. The Morgan fingerprint density at radius 2 is 2.07 bits per heavy atom. The zero-order valence-corrected chi connectivity index (χ0v) is 10.6. The van der Waals surface area contributed by atoms with Crippen molar-refractivity contribution in [2.24, 2.45) is 16.3 Å². The van der Waals surface area contributed by atoms with Gasteiger partial charge in [-0.15, -0.1) is 0 Å². The third kappa shape index (κ3) is 4.51. The first-order chi connectivity index (χ1) is 6.85. The molecule has 0 aliphatic heterocycles. The summed E-state index contributed by atoms with van der Waals surface area (Å²) in [5.41, 5.74) is 5.39. The smallest absolute Gasteiger partial charge is 0.144 e. The van der Waals surface area contributed by atoms with E-state index in [0.29, 0.717) is 11.9 Å².